The van der Waals surface area contributed by atoms with Crippen molar-refractivity contribution in [3.63, 3.8) is 0 Å². The molecule has 0 saturated heterocycles. The van der Waals surface area contributed by atoms with E-state index < -0.39 is 6.10 Å². The number of rotatable bonds is 3. The van der Waals surface area contributed by atoms with Gasteiger partial charge in [-0.25, -0.2) is 4.79 Å². The monoisotopic (exact) mass is 451 g/mol. The van der Waals surface area contributed by atoms with Crippen LogP contribution in [0.1, 0.15) is 17.4 Å². The Morgan fingerprint density at radius 2 is 1.75 bits per heavy atom. The van der Waals surface area contributed by atoms with Crippen LogP contribution in [-0.4, -0.2) is 27.4 Å². The van der Waals surface area contributed by atoms with Gasteiger partial charge in [0.1, 0.15) is 11.9 Å². The first-order valence-corrected chi connectivity index (χ1v) is 10.6. The number of hydrogen-bond acceptors (Lipinski definition) is 4. The zero-order valence-corrected chi connectivity index (χ0v) is 18.7. The second-order valence-corrected chi connectivity index (χ2v) is 8.22. The van der Waals surface area contributed by atoms with Crippen LogP contribution in [0.2, 0.25) is 5.02 Å². The maximum absolute atomic E-state index is 13.4. The van der Waals surface area contributed by atoms with E-state index in [1.165, 1.54) is 11.6 Å². The third-order valence-corrected chi connectivity index (χ3v) is 6.45. The van der Waals surface area contributed by atoms with E-state index in [1.807, 2.05) is 48.5 Å². The highest BCUT2D eigenvalue weighted by Crippen LogP contribution is 2.42. The lowest BCUT2D eigenvalue weighted by molar-refractivity contribution is 0.0479. The third kappa shape index (κ3) is 2.92. The van der Waals surface area contributed by atoms with Gasteiger partial charge >= 0.3 is 5.69 Å². The van der Waals surface area contributed by atoms with Gasteiger partial charge in [0.05, 0.1) is 36.0 Å². The molecular formula is C24H22ClN3O4. The van der Waals surface area contributed by atoms with E-state index in [1.54, 1.807) is 14.2 Å². The summed E-state index contributed by atoms with van der Waals surface area (Å²) in [6.07, 6.45) is -0.510. The van der Waals surface area contributed by atoms with Crippen LogP contribution in [0, 0.1) is 0 Å². The lowest BCUT2D eigenvalue weighted by Gasteiger charge is -2.28. The van der Waals surface area contributed by atoms with Gasteiger partial charge in [-0.05, 0) is 35.9 Å². The number of halogens is 1. The van der Waals surface area contributed by atoms with Crippen molar-refractivity contribution in [3.8, 4) is 17.0 Å². The lowest BCUT2D eigenvalue weighted by Crippen LogP contribution is -2.37. The number of benzene rings is 2. The van der Waals surface area contributed by atoms with E-state index in [4.69, 9.17) is 21.1 Å². The maximum Gasteiger partial charge on any atom is 0.331 e. The summed E-state index contributed by atoms with van der Waals surface area (Å²) in [6.45, 7) is 0.991. The Labute approximate surface area is 189 Å². The Bertz CT molecular complexity index is 1460. The van der Waals surface area contributed by atoms with Crippen LogP contribution in [0.25, 0.3) is 22.2 Å². The van der Waals surface area contributed by atoms with Gasteiger partial charge in [-0.15, -0.1) is 0 Å². The Morgan fingerprint density at radius 3 is 2.44 bits per heavy atom. The summed E-state index contributed by atoms with van der Waals surface area (Å²) >= 11 is 6.52. The van der Waals surface area contributed by atoms with Gasteiger partial charge < -0.3 is 14.0 Å². The second kappa shape index (κ2) is 7.69. The Hall–Kier alpha value is -3.29. The molecule has 5 rings (SSSR count). The summed E-state index contributed by atoms with van der Waals surface area (Å²) < 4.78 is 16.2. The fourth-order valence-corrected chi connectivity index (χ4v) is 4.79. The minimum Gasteiger partial charge on any atom is -0.497 e. The minimum atomic E-state index is -0.510. The molecule has 0 aliphatic carbocycles. The molecule has 0 spiro atoms. The topological polar surface area (TPSA) is 67.4 Å². The standard InChI is InChI=1S/C24H22ClN3O4/c1-26-20-18(23(29)27(2)24(26)30)19(14-8-10-15(31-3)11-9-14)28-12-13-32-22(21(20)28)16-6-4-5-7-17(16)25/h4-11,22H,12-13H2,1-3H3/t22-/m0/s1. The number of nitrogens with zero attached hydrogens (tertiary/aromatic N) is 3. The molecule has 0 radical (unpaired) electrons. The van der Waals surface area contributed by atoms with Crippen LogP contribution < -0.4 is 16.0 Å². The highest BCUT2D eigenvalue weighted by molar-refractivity contribution is 6.31. The zero-order chi connectivity index (χ0) is 22.6. The van der Waals surface area contributed by atoms with E-state index in [0.29, 0.717) is 29.1 Å². The molecule has 0 unspecified atom stereocenters. The molecule has 1 aliphatic rings. The van der Waals surface area contributed by atoms with Gasteiger partial charge in [0.2, 0.25) is 0 Å². The van der Waals surface area contributed by atoms with Gasteiger partial charge in [0, 0.05) is 31.2 Å². The van der Waals surface area contributed by atoms with Crippen LogP contribution >= 0.6 is 11.6 Å². The summed E-state index contributed by atoms with van der Waals surface area (Å²) in [5.74, 6) is 0.723. The smallest absolute Gasteiger partial charge is 0.331 e. The highest BCUT2D eigenvalue weighted by Gasteiger charge is 2.33. The summed E-state index contributed by atoms with van der Waals surface area (Å²) in [4.78, 5) is 26.3. The summed E-state index contributed by atoms with van der Waals surface area (Å²) in [5, 5.41) is 1.05. The van der Waals surface area contributed by atoms with E-state index in [9.17, 15) is 9.59 Å². The summed E-state index contributed by atoms with van der Waals surface area (Å²) in [6, 6.07) is 15.0. The van der Waals surface area contributed by atoms with Crippen molar-refractivity contribution in [1.82, 2.24) is 13.7 Å². The summed E-state index contributed by atoms with van der Waals surface area (Å²) in [7, 11) is 4.79. The molecule has 32 heavy (non-hydrogen) atoms. The van der Waals surface area contributed by atoms with Crippen LogP contribution in [0.5, 0.6) is 5.75 Å². The molecule has 0 N–H and O–H groups in total. The lowest BCUT2D eigenvalue weighted by atomic mass is 10.0. The first-order valence-electron chi connectivity index (χ1n) is 10.3. The van der Waals surface area contributed by atoms with Crippen molar-refractivity contribution in [1.29, 1.82) is 0 Å². The van der Waals surface area contributed by atoms with Gasteiger partial charge in [0.15, 0.2) is 0 Å². The van der Waals surface area contributed by atoms with Crippen LogP contribution in [-0.2, 0) is 25.4 Å². The van der Waals surface area contributed by atoms with Crippen LogP contribution in [0.3, 0.4) is 0 Å². The van der Waals surface area contributed by atoms with Crippen molar-refractivity contribution >= 4 is 22.5 Å². The van der Waals surface area contributed by atoms with E-state index in [2.05, 4.69) is 4.57 Å². The number of ether oxygens (including phenoxy) is 2. The van der Waals surface area contributed by atoms with Gasteiger partial charge in [0.25, 0.3) is 5.56 Å². The van der Waals surface area contributed by atoms with Gasteiger partial charge in [-0.1, -0.05) is 29.8 Å². The molecule has 1 atom stereocenters. The molecule has 2 aromatic carbocycles. The molecule has 0 saturated carbocycles. The van der Waals surface area contributed by atoms with Crippen molar-refractivity contribution in [2.75, 3.05) is 13.7 Å². The first-order chi connectivity index (χ1) is 15.4. The van der Waals surface area contributed by atoms with Crippen molar-refractivity contribution < 1.29 is 9.47 Å². The normalized spacial score (nSPS) is 15.7. The van der Waals surface area contributed by atoms with E-state index in [-0.39, 0.29) is 11.2 Å². The number of methoxy groups -OCH3 is 1. The third-order valence-electron chi connectivity index (χ3n) is 6.10. The van der Waals surface area contributed by atoms with Crippen molar-refractivity contribution in [3.05, 3.63) is 85.6 Å². The fourth-order valence-electron chi connectivity index (χ4n) is 4.55. The fraction of sp³-hybridized carbons (Fsp3) is 0.250. The molecule has 4 aromatic rings. The predicted molar refractivity (Wildman–Crippen MR) is 124 cm³/mol. The number of fused-ring (bicyclic) bond motifs is 3. The molecule has 0 fully saturated rings. The summed E-state index contributed by atoms with van der Waals surface area (Å²) in [5.41, 5.74) is 3.00. The average molecular weight is 452 g/mol. The Balaban J connectivity index is 1.93. The van der Waals surface area contributed by atoms with Crippen molar-refractivity contribution in [2.24, 2.45) is 14.1 Å². The van der Waals surface area contributed by atoms with E-state index in [0.717, 1.165) is 32.8 Å². The van der Waals surface area contributed by atoms with Crippen molar-refractivity contribution in [2.45, 2.75) is 12.6 Å². The predicted octanol–water partition coefficient (Wildman–Crippen LogP) is 3.49. The molecule has 3 heterocycles. The van der Waals surface area contributed by atoms with Gasteiger partial charge in [-0.2, -0.15) is 0 Å². The molecule has 0 bridgehead atoms. The number of aryl methyl sites for hydroxylation is 1. The molecule has 7 nitrogen and oxygen atoms in total. The molecular weight excluding hydrogens is 430 g/mol. The Morgan fingerprint density at radius 1 is 1.03 bits per heavy atom. The molecule has 8 heteroatoms. The van der Waals surface area contributed by atoms with Crippen LogP contribution in [0.15, 0.2) is 58.1 Å². The molecule has 1 aliphatic heterocycles. The first kappa shape index (κ1) is 20.6. The highest BCUT2D eigenvalue weighted by atomic mass is 35.5. The largest absolute Gasteiger partial charge is 0.497 e. The quantitative estimate of drug-likeness (QED) is 0.478. The number of hydrogen-bond donors (Lipinski definition) is 0. The Kier molecular flexibility index (Phi) is 4.95. The van der Waals surface area contributed by atoms with E-state index >= 15 is 0 Å². The maximum atomic E-state index is 13.4. The second-order valence-electron chi connectivity index (χ2n) is 7.82. The molecule has 2 aromatic heterocycles. The molecule has 164 valence electrons. The average Bonchev–Trinajstić information content (AvgIpc) is 3.17. The number of aromatic nitrogens is 3. The molecule has 0 amide bonds. The zero-order valence-electron chi connectivity index (χ0n) is 18.0. The minimum absolute atomic E-state index is 0.339. The SMILES string of the molecule is COc1ccc(-c2c3c(=O)n(C)c(=O)n(C)c3c3n2CCO[C@H]3c2ccccc2Cl)cc1. The van der Waals surface area contributed by atoms with Gasteiger partial charge in [-0.3, -0.25) is 13.9 Å². The van der Waals surface area contributed by atoms with Crippen LogP contribution in [0.4, 0.5) is 0 Å².